The summed E-state index contributed by atoms with van der Waals surface area (Å²) >= 11 is 6.15. The number of sulfonamides is 1. The summed E-state index contributed by atoms with van der Waals surface area (Å²) in [5.74, 6) is -1.60. The van der Waals surface area contributed by atoms with Gasteiger partial charge in [-0.15, -0.1) is 0 Å². The van der Waals surface area contributed by atoms with Gasteiger partial charge in [0.15, 0.2) is 0 Å². The molecular weight excluding hydrogens is 418 g/mol. The molecule has 2 aromatic carbocycles. The highest BCUT2D eigenvalue weighted by molar-refractivity contribution is 7.93. The summed E-state index contributed by atoms with van der Waals surface area (Å²) in [6.45, 7) is -0.138. The summed E-state index contributed by atoms with van der Waals surface area (Å²) in [6, 6.07) is 10.8. The zero-order valence-electron chi connectivity index (χ0n) is 15.1. The zero-order chi connectivity index (χ0) is 20.8. The van der Waals surface area contributed by atoms with Crippen LogP contribution in [0.2, 0.25) is 5.02 Å². The van der Waals surface area contributed by atoms with Crippen LogP contribution in [0.1, 0.15) is 27.1 Å². The van der Waals surface area contributed by atoms with E-state index in [4.69, 9.17) is 11.6 Å². The van der Waals surface area contributed by atoms with Crippen molar-refractivity contribution in [2.45, 2.75) is 6.42 Å². The van der Waals surface area contributed by atoms with Crippen molar-refractivity contribution < 1.29 is 22.8 Å². The second kappa shape index (κ2) is 7.16. The van der Waals surface area contributed by atoms with Crippen molar-refractivity contribution in [3.8, 4) is 0 Å². The molecule has 10 heteroatoms. The average Bonchev–Trinajstić information content (AvgIpc) is 3.15. The van der Waals surface area contributed by atoms with Crippen LogP contribution in [0.25, 0.3) is 0 Å². The molecule has 3 amide bonds. The summed E-state index contributed by atoms with van der Waals surface area (Å²) in [6.07, 6.45) is 0.495. The van der Waals surface area contributed by atoms with Crippen LogP contribution in [0, 0.1) is 0 Å². The number of halogens is 1. The Bertz CT molecular complexity index is 1110. The lowest BCUT2D eigenvalue weighted by Gasteiger charge is -2.20. The molecule has 150 valence electrons. The Labute approximate surface area is 172 Å². The molecule has 0 saturated carbocycles. The van der Waals surface area contributed by atoms with E-state index in [1.807, 2.05) is 0 Å². The number of carbonyl (C=O) groups excluding carboxylic acids is 3. The molecule has 8 nitrogen and oxygen atoms in total. The first-order chi connectivity index (χ1) is 13.8. The van der Waals surface area contributed by atoms with E-state index in [0.29, 0.717) is 18.7 Å². The number of fused-ring (bicyclic) bond motifs is 1. The van der Waals surface area contributed by atoms with Gasteiger partial charge in [-0.1, -0.05) is 23.7 Å². The number of rotatable bonds is 4. The fourth-order valence-corrected chi connectivity index (χ4v) is 5.26. The Morgan fingerprint density at radius 1 is 1.07 bits per heavy atom. The number of hydrogen-bond acceptors (Lipinski definition) is 5. The van der Waals surface area contributed by atoms with Crippen LogP contribution >= 0.6 is 11.6 Å². The third-order valence-electron chi connectivity index (χ3n) is 4.78. The van der Waals surface area contributed by atoms with Gasteiger partial charge in [0.2, 0.25) is 15.9 Å². The monoisotopic (exact) mass is 433 g/mol. The number of amides is 3. The van der Waals surface area contributed by atoms with Gasteiger partial charge in [0, 0.05) is 12.2 Å². The molecule has 2 aliphatic rings. The summed E-state index contributed by atoms with van der Waals surface area (Å²) in [7, 11) is -3.43. The van der Waals surface area contributed by atoms with Gasteiger partial charge < -0.3 is 5.32 Å². The number of imide groups is 1. The predicted molar refractivity (Wildman–Crippen MR) is 108 cm³/mol. The standard InChI is InChI=1S/C19H16ClN3O5S/c20-15-7-6-12(10-16(15)23-8-3-9-29(23,27)28)21-17(24)11-22-18(25)13-4-1-2-5-14(13)19(22)26/h1-2,4-7,10H,3,8-9,11H2,(H,21,24). The summed E-state index contributed by atoms with van der Waals surface area (Å²) in [4.78, 5) is 38.1. The van der Waals surface area contributed by atoms with Crippen LogP contribution in [0.3, 0.4) is 0 Å². The van der Waals surface area contributed by atoms with Crippen LogP contribution in [-0.2, 0) is 14.8 Å². The SMILES string of the molecule is O=C(CN1C(=O)c2ccccc2C1=O)Nc1ccc(Cl)c(N2CCCS2(=O)=O)c1. The third-order valence-corrected chi connectivity index (χ3v) is 6.95. The van der Waals surface area contributed by atoms with E-state index >= 15 is 0 Å². The lowest BCUT2D eigenvalue weighted by Crippen LogP contribution is -2.37. The maximum Gasteiger partial charge on any atom is 0.262 e. The fraction of sp³-hybridized carbons (Fsp3) is 0.211. The fourth-order valence-electron chi connectivity index (χ4n) is 3.42. The normalized spacial score (nSPS) is 17.6. The van der Waals surface area contributed by atoms with E-state index in [9.17, 15) is 22.8 Å². The lowest BCUT2D eigenvalue weighted by molar-refractivity contribution is -0.116. The van der Waals surface area contributed by atoms with Gasteiger partial charge in [0.1, 0.15) is 6.54 Å². The molecule has 0 aliphatic carbocycles. The highest BCUT2D eigenvalue weighted by Gasteiger charge is 2.36. The molecule has 29 heavy (non-hydrogen) atoms. The minimum Gasteiger partial charge on any atom is -0.324 e. The number of carbonyl (C=O) groups is 3. The molecule has 1 fully saturated rings. The molecule has 0 aromatic heterocycles. The Morgan fingerprint density at radius 2 is 1.72 bits per heavy atom. The minimum atomic E-state index is -3.43. The highest BCUT2D eigenvalue weighted by Crippen LogP contribution is 2.33. The van der Waals surface area contributed by atoms with Crippen LogP contribution in [0.5, 0.6) is 0 Å². The molecule has 4 rings (SSSR count). The Morgan fingerprint density at radius 3 is 2.31 bits per heavy atom. The first-order valence-electron chi connectivity index (χ1n) is 8.83. The van der Waals surface area contributed by atoms with Crippen LogP contribution < -0.4 is 9.62 Å². The van der Waals surface area contributed by atoms with Crippen molar-refractivity contribution in [3.05, 3.63) is 58.6 Å². The Hall–Kier alpha value is -2.91. The largest absolute Gasteiger partial charge is 0.324 e. The first kappa shape index (κ1) is 19.4. The first-order valence-corrected chi connectivity index (χ1v) is 10.8. The molecule has 2 heterocycles. The minimum absolute atomic E-state index is 0.0413. The number of benzene rings is 2. The molecule has 0 spiro atoms. The van der Waals surface area contributed by atoms with Crippen molar-refractivity contribution in [3.63, 3.8) is 0 Å². The van der Waals surface area contributed by atoms with Gasteiger partial charge in [-0.2, -0.15) is 0 Å². The van der Waals surface area contributed by atoms with Crippen molar-refractivity contribution in [2.75, 3.05) is 28.5 Å². The smallest absolute Gasteiger partial charge is 0.262 e. The Balaban J connectivity index is 1.51. The molecule has 1 saturated heterocycles. The van der Waals surface area contributed by atoms with Gasteiger partial charge in [0.25, 0.3) is 11.8 Å². The van der Waals surface area contributed by atoms with E-state index in [-0.39, 0.29) is 27.6 Å². The number of anilines is 2. The van der Waals surface area contributed by atoms with Crippen LogP contribution in [-0.4, -0.2) is 49.9 Å². The quantitative estimate of drug-likeness (QED) is 0.744. The molecule has 0 atom stereocenters. The molecule has 2 aliphatic heterocycles. The molecule has 2 aromatic rings. The Kier molecular flexibility index (Phi) is 4.79. The number of nitrogens with one attached hydrogen (secondary N) is 1. The van der Waals surface area contributed by atoms with Crippen molar-refractivity contribution >= 4 is 50.7 Å². The lowest BCUT2D eigenvalue weighted by atomic mass is 10.1. The van der Waals surface area contributed by atoms with Crippen LogP contribution in [0.15, 0.2) is 42.5 Å². The summed E-state index contributed by atoms with van der Waals surface area (Å²) in [5.41, 5.74) is 1.12. The summed E-state index contributed by atoms with van der Waals surface area (Å²) < 4.78 is 25.5. The van der Waals surface area contributed by atoms with E-state index in [1.165, 1.54) is 34.6 Å². The van der Waals surface area contributed by atoms with E-state index in [2.05, 4.69) is 5.32 Å². The van der Waals surface area contributed by atoms with E-state index < -0.39 is 34.3 Å². The maximum absolute atomic E-state index is 12.4. The van der Waals surface area contributed by atoms with Crippen LogP contribution in [0.4, 0.5) is 11.4 Å². The molecule has 0 bridgehead atoms. The topological polar surface area (TPSA) is 104 Å². The average molecular weight is 434 g/mol. The molecule has 0 unspecified atom stereocenters. The van der Waals surface area contributed by atoms with E-state index in [1.54, 1.807) is 12.1 Å². The molecular formula is C19H16ClN3O5S. The van der Waals surface area contributed by atoms with Gasteiger partial charge in [-0.05, 0) is 36.8 Å². The molecule has 0 radical (unpaired) electrons. The van der Waals surface area contributed by atoms with Gasteiger partial charge in [-0.3, -0.25) is 23.6 Å². The van der Waals surface area contributed by atoms with Crippen molar-refractivity contribution in [2.24, 2.45) is 0 Å². The van der Waals surface area contributed by atoms with Crippen molar-refractivity contribution in [1.29, 1.82) is 0 Å². The van der Waals surface area contributed by atoms with Crippen molar-refractivity contribution in [1.82, 2.24) is 4.90 Å². The zero-order valence-corrected chi connectivity index (χ0v) is 16.7. The molecule has 1 N–H and O–H groups in total. The number of hydrogen-bond donors (Lipinski definition) is 1. The second-order valence-electron chi connectivity index (χ2n) is 6.70. The highest BCUT2D eigenvalue weighted by atomic mass is 35.5. The third kappa shape index (κ3) is 3.47. The van der Waals surface area contributed by atoms with Gasteiger partial charge >= 0.3 is 0 Å². The predicted octanol–water partition coefficient (Wildman–Crippen LogP) is 2.11. The maximum atomic E-state index is 12.4. The summed E-state index contributed by atoms with van der Waals surface area (Å²) in [5, 5.41) is 2.83. The second-order valence-corrected chi connectivity index (χ2v) is 9.12. The van der Waals surface area contributed by atoms with Gasteiger partial charge in [-0.25, -0.2) is 8.42 Å². The number of nitrogens with zero attached hydrogens (tertiary/aromatic N) is 2. The van der Waals surface area contributed by atoms with E-state index in [0.717, 1.165) is 4.90 Å². The van der Waals surface area contributed by atoms with Gasteiger partial charge in [0.05, 0.1) is 27.6 Å².